The van der Waals surface area contributed by atoms with E-state index in [0.717, 1.165) is 37.3 Å². The Hall–Kier alpha value is -2.97. The lowest BCUT2D eigenvalue weighted by molar-refractivity contribution is 0.114. The third kappa shape index (κ3) is 4.08. The van der Waals surface area contributed by atoms with Gasteiger partial charge in [0.15, 0.2) is 0 Å². The number of rotatable bonds is 5. The highest BCUT2D eigenvalue weighted by Crippen LogP contribution is 2.36. The van der Waals surface area contributed by atoms with E-state index in [9.17, 15) is 17.6 Å². The SMILES string of the molecule is O=c1c(NS(=O)(=O)c2ccccc2)ccc2n1C[C@H]1C[C@@H]2CN(Cc2ccc(F)cc2)C1. The van der Waals surface area contributed by atoms with Crippen molar-refractivity contribution in [2.24, 2.45) is 5.92 Å². The van der Waals surface area contributed by atoms with Gasteiger partial charge < -0.3 is 4.57 Å². The molecule has 0 saturated carbocycles. The standard InChI is InChI=1S/C24H24FN3O3S/c25-20-8-6-17(7-9-20)13-27-14-18-12-19(16-27)23-11-10-22(24(29)28(23)15-18)26-32(30,31)21-4-2-1-3-5-21/h1-11,18-19,26H,12-16H2/t18-,19+/m0/s1. The van der Waals surface area contributed by atoms with Crippen LogP contribution in [-0.2, 0) is 23.1 Å². The summed E-state index contributed by atoms with van der Waals surface area (Å²) in [5.41, 5.74) is 1.77. The predicted octanol–water partition coefficient (Wildman–Crippen LogP) is 3.41. The van der Waals surface area contributed by atoms with Gasteiger partial charge in [0.05, 0.1) is 4.90 Å². The number of likely N-dealkylation sites (tertiary alicyclic amines) is 1. The van der Waals surface area contributed by atoms with Gasteiger partial charge in [0.25, 0.3) is 15.6 Å². The number of sulfonamides is 1. The molecule has 3 aromatic rings. The van der Waals surface area contributed by atoms with E-state index >= 15 is 0 Å². The van der Waals surface area contributed by atoms with Crippen LogP contribution in [0.4, 0.5) is 10.1 Å². The summed E-state index contributed by atoms with van der Waals surface area (Å²) in [5.74, 6) is 0.270. The first-order chi connectivity index (χ1) is 15.4. The number of benzene rings is 2. The quantitative estimate of drug-likeness (QED) is 0.643. The van der Waals surface area contributed by atoms with Gasteiger partial charge in [0.2, 0.25) is 0 Å². The van der Waals surface area contributed by atoms with Gasteiger partial charge in [-0.3, -0.25) is 14.4 Å². The highest BCUT2D eigenvalue weighted by Gasteiger charge is 2.35. The van der Waals surface area contributed by atoms with Gasteiger partial charge in [0.1, 0.15) is 11.5 Å². The largest absolute Gasteiger partial charge is 0.310 e. The number of fused-ring (bicyclic) bond motifs is 4. The Morgan fingerprint density at radius 2 is 1.69 bits per heavy atom. The molecule has 1 saturated heterocycles. The first kappa shape index (κ1) is 20.9. The molecular weight excluding hydrogens is 429 g/mol. The first-order valence-electron chi connectivity index (χ1n) is 10.7. The second-order valence-electron chi connectivity index (χ2n) is 8.63. The van der Waals surface area contributed by atoms with E-state index in [1.165, 1.54) is 24.3 Å². The van der Waals surface area contributed by atoms with Crippen molar-refractivity contribution >= 4 is 15.7 Å². The Kier molecular flexibility index (Phi) is 5.35. The average molecular weight is 454 g/mol. The zero-order valence-electron chi connectivity index (χ0n) is 17.4. The van der Waals surface area contributed by atoms with Crippen molar-refractivity contribution in [2.75, 3.05) is 17.8 Å². The molecular formula is C24H24FN3O3S. The molecule has 0 unspecified atom stereocenters. The lowest BCUT2D eigenvalue weighted by Gasteiger charge is -2.43. The molecule has 0 radical (unpaired) electrons. The van der Waals surface area contributed by atoms with E-state index < -0.39 is 10.0 Å². The predicted molar refractivity (Wildman–Crippen MR) is 120 cm³/mol. The Labute approximate surface area is 186 Å². The number of anilines is 1. The summed E-state index contributed by atoms with van der Waals surface area (Å²) in [6, 6.07) is 18.1. The molecule has 2 aromatic carbocycles. The lowest BCUT2D eigenvalue weighted by Crippen LogP contribution is -2.47. The van der Waals surface area contributed by atoms with Crippen LogP contribution < -0.4 is 10.3 Å². The minimum absolute atomic E-state index is 0.0701. The molecule has 6 nitrogen and oxygen atoms in total. The first-order valence-corrected chi connectivity index (χ1v) is 12.2. The van der Waals surface area contributed by atoms with Crippen molar-refractivity contribution < 1.29 is 12.8 Å². The van der Waals surface area contributed by atoms with Crippen LogP contribution in [0.1, 0.15) is 23.6 Å². The molecule has 2 bridgehead atoms. The van der Waals surface area contributed by atoms with Crippen LogP contribution in [0, 0.1) is 11.7 Å². The van der Waals surface area contributed by atoms with Crippen LogP contribution in [0.3, 0.4) is 0 Å². The maximum Gasteiger partial charge on any atom is 0.275 e. The Balaban J connectivity index is 1.37. The van der Waals surface area contributed by atoms with E-state index in [1.54, 1.807) is 28.8 Å². The summed E-state index contributed by atoms with van der Waals surface area (Å²) in [6.45, 7) is 2.96. The summed E-state index contributed by atoms with van der Waals surface area (Å²) in [7, 11) is -3.83. The molecule has 2 aliphatic heterocycles. The number of piperidine rings is 1. The van der Waals surface area contributed by atoms with Crippen molar-refractivity contribution in [2.45, 2.75) is 30.3 Å². The number of pyridine rings is 1. The third-order valence-corrected chi connectivity index (χ3v) is 7.68. The summed E-state index contributed by atoms with van der Waals surface area (Å²) in [6.07, 6.45) is 1.01. The van der Waals surface area contributed by atoms with Gasteiger partial charge >= 0.3 is 0 Å². The zero-order chi connectivity index (χ0) is 22.3. The molecule has 3 heterocycles. The molecule has 0 spiro atoms. The summed E-state index contributed by atoms with van der Waals surface area (Å²) < 4.78 is 42.7. The van der Waals surface area contributed by atoms with Crippen molar-refractivity contribution in [1.82, 2.24) is 9.47 Å². The van der Waals surface area contributed by atoms with Gasteiger partial charge in [-0.15, -0.1) is 0 Å². The van der Waals surface area contributed by atoms with Crippen LogP contribution >= 0.6 is 0 Å². The van der Waals surface area contributed by atoms with Gasteiger partial charge in [-0.05, 0) is 54.3 Å². The summed E-state index contributed by atoms with van der Waals surface area (Å²) >= 11 is 0. The minimum atomic E-state index is -3.83. The second-order valence-corrected chi connectivity index (χ2v) is 10.3. The van der Waals surface area contributed by atoms with Gasteiger partial charge in [-0.25, -0.2) is 12.8 Å². The maximum atomic E-state index is 13.2. The lowest BCUT2D eigenvalue weighted by atomic mass is 9.83. The topological polar surface area (TPSA) is 71.4 Å². The highest BCUT2D eigenvalue weighted by molar-refractivity contribution is 7.92. The van der Waals surface area contributed by atoms with E-state index in [1.807, 2.05) is 18.2 Å². The van der Waals surface area contributed by atoms with Crippen LogP contribution in [-0.4, -0.2) is 31.0 Å². The molecule has 2 atom stereocenters. The Morgan fingerprint density at radius 1 is 0.938 bits per heavy atom. The fourth-order valence-corrected chi connectivity index (χ4v) is 5.98. The zero-order valence-corrected chi connectivity index (χ0v) is 18.3. The van der Waals surface area contributed by atoms with E-state index in [2.05, 4.69) is 9.62 Å². The smallest absolute Gasteiger partial charge is 0.275 e. The molecule has 1 N–H and O–H groups in total. The summed E-state index contributed by atoms with van der Waals surface area (Å²) in [5, 5.41) is 0. The van der Waals surface area contributed by atoms with Gasteiger partial charge in [-0.2, -0.15) is 0 Å². The Morgan fingerprint density at radius 3 is 2.44 bits per heavy atom. The van der Waals surface area contributed by atoms with Crippen molar-refractivity contribution in [3.63, 3.8) is 0 Å². The average Bonchev–Trinajstić information content (AvgIpc) is 2.78. The minimum Gasteiger partial charge on any atom is -0.310 e. The molecule has 8 heteroatoms. The number of nitrogens with zero attached hydrogens (tertiary/aromatic N) is 2. The number of hydrogen-bond acceptors (Lipinski definition) is 4. The molecule has 0 amide bonds. The Bertz CT molecular complexity index is 1290. The number of halogens is 1. The molecule has 0 aliphatic carbocycles. The molecule has 166 valence electrons. The van der Waals surface area contributed by atoms with Gasteiger partial charge in [-0.1, -0.05) is 30.3 Å². The molecule has 1 aromatic heterocycles. The molecule has 2 aliphatic rings. The number of aromatic nitrogens is 1. The molecule has 32 heavy (non-hydrogen) atoms. The van der Waals surface area contributed by atoms with E-state index in [0.29, 0.717) is 12.5 Å². The van der Waals surface area contributed by atoms with Crippen molar-refractivity contribution in [3.8, 4) is 0 Å². The normalized spacial score (nSPS) is 20.5. The summed E-state index contributed by atoms with van der Waals surface area (Å²) in [4.78, 5) is 15.6. The van der Waals surface area contributed by atoms with Crippen LogP contribution in [0.25, 0.3) is 0 Å². The highest BCUT2D eigenvalue weighted by atomic mass is 32.2. The van der Waals surface area contributed by atoms with Crippen LogP contribution in [0.2, 0.25) is 0 Å². The molecule has 5 rings (SSSR count). The van der Waals surface area contributed by atoms with Crippen molar-refractivity contribution in [1.29, 1.82) is 0 Å². The van der Waals surface area contributed by atoms with Gasteiger partial charge in [0, 0.05) is 37.8 Å². The fourth-order valence-electron chi connectivity index (χ4n) is 4.90. The number of hydrogen-bond donors (Lipinski definition) is 1. The van der Waals surface area contributed by atoms with E-state index in [-0.39, 0.29) is 27.9 Å². The van der Waals surface area contributed by atoms with Crippen LogP contribution in [0.5, 0.6) is 0 Å². The van der Waals surface area contributed by atoms with Crippen molar-refractivity contribution in [3.05, 3.63) is 94.2 Å². The number of nitrogens with one attached hydrogen (secondary N) is 1. The monoisotopic (exact) mass is 453 g/mol. The van der Waals surface area contributed by atoms with E-state index in [4.69, 9.17) is 0 Å². The fraction of sp³-hybridized carbons (Fsp3) is 0.292. The molecule has 1 fully saturated rings. The second kappa shape index (κ2) is 8.18. The third-order valence-electron chi connectivity index (χ3n) is 6.30. The maximum absolute atomic E-state index is 13.2. The van der Waals surface area contributed by atoms with Crippen LogP contribution in [0.15, 0.2) is 76.4 Å².